The minimum Gasteiger partial charge on any atom is -0.294 e. The maximum Gasteiger partial charge on any atom is 0.243 e. The average Bonchev–Trinajstić information content (AvgIpc) is 3.04. The third-order valence-corrected chi connectivity index (χ3v) is 7.87. The molecule has 4 rings (SSSR count). The van der Waals surface area contributed by atoms with E-state index in [0.29, 0.717) is 31.1 Å². The number of rotatable bonds is 4. The van der Waals surface area contributed by atoms with E-state index in [9.17, 15) is 8.42 Å². The molecule has 26 heavy (non-hydrogen) atoms. The number of fused-ring (bicyclic) bond motifs is 1. The van der Waals surface area contributed by atoms with Crippen molar-refractivity contribution < 1.29 is 8.42 Å². The summed E-state index contributed by atoms with van der Waals surface area (Å²) in [6.45, 7) is 3.19. The molecule has 0 bridgehead atoms. The van der Waals surface area contributed by atoms with Crippen molar-refractivity contribution in [3.05, 3.63) is 58.0 Å². The third kappa shape index (κ3) is 3.70. The molecule has 8 heteroatoms. The zero-order valence-corrected chi connectivity index (χ0v) is 17.2. The molecule has 0 atom stereocenters. The number of aromatic nitrogens is 1. The zero-order chi connectivity index (χ0) is 18.1. The van der Waals surface area contributed by atoms with Crippen molar-refractivity contribution in [2.75, 3.05) is 26.2 Å². The van der Waals surface area contributed by atoms with Gasteiger partial charge in [0.1, 0.15) is 5.01 Å². The van der Waals surface area contributed by atoms with Gasteiger partial charge in [0.25, 0.3) is 0 Å². The van der Waals surface area contributed by atoms with E-state index in [2.05, 4.69) is 31.9 Å². The lowest BCUT2D eigenvalue weighted by molar-refractivity contribution is 0.181. The van der Waals surface area contributed by atoms with E-state index >= 15 is 0 Å². The maximum absolute atomic E-state index is 12.8. The monoisotopic (exact) mass is 451 g/mol. The van der Waals surface area contributed by atoms with Gasteiger partial charge in [0.05, 0.1) is 21.7 Å². The minimum absolute atomic E-state index is 0.339. The molecule has 1 aromatic heterocycles. The molecule has 136 valence electrons. The van der Waals surface area contributed by atoms with Gasteiger partial charge in [-0.25, -0.2) is 13.4 Å². The van der Waals surface area contributed by atoms with E-state index in [1.165, 1.54) is 4.70 Å². The van der Waals surface area contributed by atoms with Crippen LogP contribution >= 0.6 is 27.3 Å². The predicted octanol–water partition coefficient (Wildman–Crippen LogP) is 3.57. The largest absolute Gasteiger partial charge is 0.294 e. The molecule has 3 aromatic rings. The van der Waals surface area contributed by atoms with Gasteiger partial charge in [-0.1, -0.05) is 34.1 Å². The molecule has 0 unspecified atom stereocenters. The van der Waals surface area contributed by atoms with E-state index in [-0.39, 0.29) is 0 Å². The summed E-state index contributed by atoms with van der Waals surface area (Å²) in [7, 11) is -3.44. The molecule has 0 N–H and O–H groups in total. The maximum atomic E-state index is 12.8. The van der Waals surface area contributed by atoms with Crippen molar-refractivity contribution in [3.8, 4) is 0 Å². The quantitative estimate of drug-likeness (QED) is 0.608. The molecule has 1 fully saturated rings. The standard InChI is InChI=1S/C18H18BrN3O2S2/c19-14-4-3-5-15(12-14)26(23,24)22-10-8-21(9-11-22)13-18-20-16-6-1-2-7-17(16)25-18/h1-7,12H,8-11,13H2. The fourth-order valence-corrected chi connectivity index (χ4v) is 6.11. The van der Waals surface area contributed by atoms with Crippen molar-refractivity contribution >= 4 is 47.5 Å². The SMILES string of the molecule is O=S(=O)(c1cccc(Br)c1)N1CCN(Cc2nc3ccccc3s2)CC1. The van der Waals surface area contributed by atoms with Crippen molar-refractivity contribution in [3.63, 3.8) is 0 Å². The molecule has 1 aliphatic rings. The normalized spacial score (nSPS) is 17.0. The summed E-state index contributed by atoms with van der Waals surface area (Å²) in [5, 5.41) is 1.08. The van der Waals surface area contributed by atoms with E-state index in [1.807, 2.05) is 24.3 Å². The van der Waals surface area contributed by atoms with E-state index in [1.54, 1.807) is 33.8 Å². The van der Waals surface area contributed by atoms with Gasteiger partial charge in [-0.05, 0) is 30.3 Å². The Balaban J connectivity index is 1.42. The number of piperazine rings is 1. The molecule has 0 aliphatic carbocycles. The van der Waals surface area contributed by atoms with Crippen LogP contribution in [0.3, 0.4) is 0 Å². The van der Waals surface area contributed by atoms with Crippen LogP contribution in [0.5, 0.6) is 0 Å². The number of hydrogen-bond donors (Lipinski definition) is 0. The molecule has 0 spiro atoms. The summed E-state index contributed by atoms with van der Waals surface area (Å²) >= 11 is 5.05. The van der Waals surface area contributed by atoms with Gasteiger partial charge in [-0.2, -0.15) is 4.31 Å². The first-order valence-corrected chi connectivity index (χ1v) is 11.4. The van der Waals surface area contributed by atoms with Crippen LogP contribution in [0.2, 0.25) is 0 Å². The first kappa shape index (κ1) is 18.1. The van der Waals surface area contributed by atoms with Gasteiger partial charge in [-0.3, -0.25) is 4.90 Å². The highest BCUT2D eigenvalue weighted by Crippen LogP contribution is 2.24. The van der Waals surface area contributed by atoms with Crippen LogP contribution in [0.4, 0.5) is 0 Å². The summed E-state index contributed by atoms with van der Waals surface area (Å²) in [5.41, 5.74) is 1.03. The Labute approximate surface area is 165 Å². The van der Waals surface area contributed by atoms with Gasteiger partial charge in [-0.15, -0.1) is 11.3 Å². The second kappa shape index (κ2) is 7.36. The lowest BCUT2D eigenvalue weighted by Crippen LogP contribution is -2.48. The Morgan fingerprint density at radius 3 is 2.54 bits per heavy atom. The number of benzene rings is 2. The molecular formula is C18H18BrN3O2S2. The highest BCUT2D eigenvalue weighted by molar-refractivity contribution is 9.10. The minimum atomic E-state index is -3.44. The van der Waals surface area contributed by atoms with Crippen LogP contribution in [0, 0.1) is 0 Å². The van der Waals surface area contributed by atoms with Gasteiger partial charge in [0.15, 0.2) is 0 Å². The number of thiazole rings is 1. The number of para-hydroxylation sites is 1. The summed E-state index contributed by atoms with van der Waals surface area (Å²) < 4.78 is 29.1. The molecule has 5 nitrogen and oxygen atoms in total. The van der Waals surface area contributed by atoms with E-state index < -0.39 is 10.0 Å². The lowest BCUT2D eigenvalue weighted by atomic mass is 10.3. The zero-order valence-electron chi connectivity index (χ0n) is 14.0. The molecule has 0 amide bonds. The fraction of sp³-hybridized carbons (Fsp3) is 0.278. The number of sulfonamides is 1. The van der Waals surface area contributed by atoms with Crippen LogP contribution in [0.25, 0.3) is 10.2 Å². The van der Waals surface area contributed by atoms with Crippen LogP contribution in [0.15, 0.2) is 57.9 Å². The van der Waals surface area contributed by atoms with Crippen molar-refractivity contribution in [1.29, 1.82) is 0 Å². The predicted molar refractivity (Wildman–Crippen MR) is 108 cm³/mol. The number of hydrogen-bond acceptors (Lipinski definition) is 5. The molecule has 0 radical (unpaired) electrons. The molecule has 2 aromatic carbocycles. The van der Waals surface area contributed by atoms with E-state index in [0.717, 1.165) is 21.5 Å². The van der Waals surface area contributed by atoms with Crippen molar-refractivity contribution in [1.82, 2.24) is 14.2 Å². The first-order chi connectivity index (χ1) is 12.5. The van der Waals surface area contributed by atoms with Gasteiger partial charge < -0.3 is 0 Å². The van der Waals surface area contributed by atoms with Gasteiger partial charge >= 0.3 is 0 Å². The van der Waals surface area contributed by atoms with Crippen molar-refractivity contribution in [2.45, 2.75) is 11.4 Å². The fourth-order valence-electron chi connectivity index (χ4n) is 3.08. The Bertz CT molecular complexity index is 995. The molecule has 1 saturated heterocycles. The Morgan fingerprint density at radius 2 is 1.81 bits per heavy atom. The first-order valence-electron chi connectivity index (χ1n) is 8.35. The highest BCUT2D eigenvalue weighted by atomic mass is 79.9. The van der Waals surface area contributed by atoms with Crippen LogP contribution < -0.4 is 0 Å². The average molecular weight is 452 g/mol. The van der Waals surface area contributed by atoms with Crippen molar-refractivity contribution in [2.24, 2.45) is 0 Å². The number of halogens is 1. The Morgan fingerprint density at radius 1 is 1.04 bits per heavy atom. The molecular weight excluding hydrogens is 434 g/mol. The Hall–Kier alpha value is -1.32. The number of nitrogens with zero attached hydrogens (tertiary/aromatic N) is 3. The van der Waals surface area contributed by atoms with Crippen LogP contribution in [-0.2, 0) is 16.6 Å². The van der Waals surface area contributed by atoms with Gasteiger partial charge in [0, 0.05) is 30.7 Å². The summed E-state index contributed by atoms with van der Waals surface area (Å²) in [6, 6.07) is 15.0. The van der Waals surface area contributed by atoms with Crippen LogP contribution in [0.1, 0.15) is 5.01 Å². The van der Waals surface area contributed by atoms with Crippen LogP contribution in [-0.4, -0.2) is 48.8 Å². The summed E-state index contributed by atoms with van der Waals surface area (Å²) in [5.74, 6) is 0. The second-order valence-corrected chi connectivity index (χ2v) is 10.2. The van der Waals surface area contributed by atoms with E-state index in [4.69, 9.17) is 0 Å². The van der Waals surface area contributed by atoms with Gasteiger partial charge in [0.2, 0.25) is 10.0 Å². The smallest absolute Gasteiger partial charge is 0.243 e. The topological polar surface area (TPSA) is 53.5 Å². The summed E-state index contributed by atoms with van der Waals surface area (Å²) in [6.07, 6.45) is 0. The highest BCUT2D eigenvalue weighted by Gasteiger charge is 2.28. The second-order valence-electron chi connectivity index (χ2n) is 6.21. The lowest BCUT2D eigenvalue weighted by Gasteiger charge is -2.33. The summed E-state index contributed by atoms with van der Waals surface area (Å²) in [4.78, 5) is 7.28. The molecule has 1 aliphatic heterocycles. The third-order valence-electron chi connectivity index (χ3n) is 4.46. The molecule has 2 heterocycles. The Kier molecular flexibility index (Phi) is 5.11. The molecule has 0 saturated carbocycles.